The SMILES string of the molecule is COc1c(C)c2c(c(O)c1C/C=C(\C)CCC(=O)SCCNC(=O)CCNC(=O)C(O)C(C)(C)COP(=O)(O)OP(=O)(O)OCC1OC(n3cnc4c(N)ncnc43)C(O)C1OP(=O)(O)O)C(=O)OC2. The number of hydrogen-bond acceptors (Lipinski definition) is 22. The average Bonchev–Trinajstić information content (AvgIpc) is 3.98. The number of imidazole rings is 1. The van der Waals surface area contributed by atoms with Gasteiger partial charge in [0.15, 0.2) is 22.8 Å². The number of amides is 2. The number of hydrogen-bond donors (Lipinski definition) is 10. The van der Waals surface area contributed by atoms with Crippen LogP contribution in [-0.2, 0) is 68.5 Å². The minimum Gasteiger partial charge on any atom is -0.507 e. The number of phenolic OH excluding ortho intramolecular Hbond substituents is 1. The van der Waals surface area contributed by atoms with Crippen molar-refractivity contribution >= 4 is 75.1 Å². The maximum atomic E-state index is 12.8. The molecule has 5 rings (SSSR count). The van der Waals surface area contributed by atoms with Crippen LogP contribution in [0.5, 0.6) is 11.5 Å². The van der Waals surface area contributed by atoms with Gasteiger partial charge in [0.2, 0.25) is 11.8 Å². The molecule has 0 spiro atoms. The van der Waals surface area contributed by atoms with Gasteiger partial charge in [-0.1, -0.05) is 37.3 Å². The number of cyclic esters (lactones) is 1. The van der Waals surface area contributed by atoms with E-state index < -0.39 is 90.5 Å². The Balaban J connectivity index is 0.994. The van der Waals surface area contributed by atoms with Crippen LogP contribution in [0.4, 0.5) is 5.82 Å². The first-order chi connectivity index (χ1) is 32.6. The van der Waals surface area contributed by atoms with E-state index in [0.29, 0.717) is 28.9 Å². The Morgan fingerprint density at radius 1 is 1.06 bits per heavy atom. The number of benzene rings is 1. The van der Waals surface area contributed by atoms with E-state index in [9.17, 15) is 67.8 Å². The summed E-state index contributed by atoms with van der Waals surface area (Å²) in [5.74, 6) is -1.64. The van der Waals surface area contributed by atoms with Crippen LogP contribution in [0.3, 0.4) is 0 Å². The first kappa shape index (κ1) is 56.5. The van der Waals surface area contributed by atoms with Gasteiger partial charge in [0.05, 0.1) is 26.7 Å². The molecule has 7 atom stereocenters. The number of nitrogens with zero attached hydrogens (tertiary/aromatic N) is 4. The van der Waals surface area contributed by atoms with E-state index in [1.54, 1.807) is 6.92 Å². The largest absolute Gasteiger partial charge is 0.507 e. The molecule has 0 bridgehead atoms. The summed E-state index contributed by atoms with van der Waals surface area (Å²) in [6.07, 6.45) is -4.40. The molecular formula is C38H54N7O21P3S. The van der Waals surface area contributed by atoms with Crippen molar-refractivity contribution in [3.63, 3.8) is 0 Å². The lowest BCUT2D eigenvalue weighted by molar-refractivity contribution is -0.137. The predicted octanol–water partition coefficient (Wildman–Crippen LogP) is 1.33. The molecule has 1 saturated heterocycles. The number of phosphoric ester groups is 3. The predicted molar refractivity (Wildman–Crippen MR) is 242 cm³/mol. The normalized spacial score (nSPS) is 20.6. The van der Waals surface area contributed by atoms with Crippen LogP contribution in [0.2, 0.25) is 0 Å². The van der Waals surface area contributed by atoms with E-state index in [2.05, 4.69) is 34.4 Å². The Labute approximate surface area is 403 Å². The van der Waals surface area contributed by atoms with Gasteiger partial charge in [-0.3, -0.25) is 32.5 Å². The molecule has 70 heavy (non-hydrogen) atoms. The number of phenols is 1. The standard InChI is InChI=1S/C38H54N7O21P3S/c1-19(6-8-21-28(48)26-22(14-61-37(26)52)20(2)30(21)60-5)7-9-25(47)70-13-12-40-24(46)10-11-41-35(51)32(50)38(3,4)16-63-69(58,59)66-68(56,57)62-15-23-31(65-67(53,54)55)29(49)36(64-23)45-18-44-27-33(39)42-17-43-34(27)45/h6,17-18,23,29,31-32,36,48-50H,7-16H2,1-5H3,(H,40,46)(H,41,51)(H,56,57)(H,58,59)(H2,39,42,43)(H2,53,54,55)/b19-6+. The number of esters is 1. The van der Waals surface area contributed by atoms with Crippen LogP contribution in [-0.4, -0.2) is 141 Å². The van der Waals surface area contributed by atoms with Gasteiger partial charge in [-0.25, -0.2) is 33.4 Å². The number of fused-ring (bicyclic) bond motifs is 2. The van der Waals surface area contributed by atoms with Crippen molar-refractivity contribution in [1.29, 1.82) is 0 Å². The topological polar surface area (TPSA) is 419 Å². The molecule has 3 aromatic rings. The number of carbonyl (C=O) groups excluding carboxylic acids is 4. The number of phosphoric acid groups is 3. The highest BCUT2D eigenvalue weighted by atomic mass is 32.2. The van der Waals surface area contributed by atoms with Crippen molar-refractivity contribution in [3.05, 3.63) is 46.6 Å². The van der Waals surface area contributed by atoms with Crippen LogP contribution in [0.25, 0.3) is 11.2 Å². The number of ether oxygens (including phenoxy) is 3. The van der Waals surface area contributed by atoms with E-state index in [4.69, 9.17) is 29.0 Å². The zero-order valence-corrected chi connectivity index (χ0v) is 41.7. The van der Waals surface area contributed by atoms with Crippen LogP contribution in [0.15, 0.2) is 24.3 Å². The molecule has 2 aromatic heterocycles. The first-order valence-electron chi connectivity index (χ1n) is 20.9. The Bertz CT molecular complexity index is 2630. The average molecular weight is 1070 g/mol. The second kappa shape index (κ2) is 23.4. The number of aromatic nitrogens is 4. The van der Waals surface area contributed by atoms with Crippen molar-refractivity contribution < 1.29 is 99.9 Å². The monoisotopic (exact) mass is 1070 g/mol. The third kappa shape index (κ3) is 14.6. The van der Waals surface area contributed by atoms with Crippen molar-refractivity contribution in [3.8, 4) is 11.5 Å². The molecule has 388 valence electrons. The molecule has 0 saturated carbocycles. The van der Waals surface area contributed by atoms with E-state index in [-0.39, 0.29) is 78.1 Å². The fourth-order valence-electron chi connectivity index (χ4n) is 7.07. The van der Waals surface area contributed by atoms with Gasteiger partial charge in [0.1, 0.15) is 59.9 Å². The number of thioether (sulfide) groups is 1. The van der Waals surface area contributed by atoms with Gasteiger partial charge < -0.3 is 65.5 Å². The molecule has 0 radical (unpaired) electrons. The number of methoxy groups -OCH3 is 1. The summed E-state index contributed by atoms with van der Waals surface area (Å²) in [6.45, 7) is 3.95. The van der Waals surface area contributed by atoms with E-state index >= 15 is 0 Å². The van der Waals surface area contributed by atoms with E-state index in [1.165, 1.54) is 21.0 Å². The number of carbonyl (C=O) groups is 4. The fourth-order valence-corrected chi connectivity index (χ4v) is 10.6. The number of nitrogens with two attached hydrogens (primary N) is 1. The van der Waals surface area contributed by atoms with Gasteiger partial charge in [-0.05, 0) is 32.3 Å². The van der Waals surface area contributed by atoms with Gasteiger partial charge in [-0.2, -0.15) is 4.31 Å². The summed E-state index contributed by atoms with van der Waals surface area (Å²) < 4.78 is 73.0. The van der Waals surface area contributed by atoms with Gasteiger partial charge in [0.25, 0.3) is 0 Å². The molecule has 0 aliphatic carbocycles. The number of rotatable bonds is 25. The molecule has 28 nitrogen and oxygen atoms in total. The van der Waals surface area contributed by atoms with Crippen molar-refractivity contribution in [2.24, 2.45) is 5.41 Å². The minimum absolute atomic E-state index is 0.0187. The third-order valence-electron chi connectivity index (χ3n) is 10.8. The maximum Gasteiger partial charge on any atom is 0.481 e. The van der Waals surface area contributed by atoms with Crippen LogP contribution in [0.1, 0.15) is 73.3 Å². The molecular weight excluding hydrogens is 1020 g/mol. The van der Waals surface area contributed by atoms with Crippen LogP contribution in [0, 0.1) is 12.3 Å². The highest BCUT2D eigenvalue weighted by Crippen LogP contribution is 2.61. The number of allylic oxidation sites excluding steroid dienone is 2. The summed E-state index contributed by atoms with van der Waals surface area (Å²) in [6, 6.07) is 0. The minimum atomic E-state index is -5.61. The summed E-state index contributed by atoms with van der Waals surface area (Å²) in [5, 5.41) is 37.2. The quantitative estimate of drug-likeness (QED) is 0.0248. The smallest absolute Gasteiger partial charge is 0.481 e. The summed E-state index contributed by atoms with van der Waals surface area (Å²) >= 11 is 1.01. The van der Waals surface area contributed by atoms with Crippen LogP contribution >= 0.6 is 35.2 Å². The Hall–Kier alpha value is -4.41. The summed E-state index contributed by atoms with van der Waals surface area (Å²) in [7, 11) is -15.0. The molecule has 2 aliphatic heterocycles. The first-order valence-corrected chi connectivity index (χ1v) is 26.4. The molecule has 32 heteroatoms. The lowest BCUT2D eigenvalue weighted by Crippen LogP contribution is -2.46. The molecule has 11 N–H and O–H groups in total. The van der Waals surface area contributed by atoms with Crippen molar-refractivity contribution in [1.82, 2.24) is 30.2 Å². The van der Waals surface area contributed by atoms with Gasteiger partial charge >= 0.3 is 29.4 Å². The third-order valence-corrected chi connectivity index (χ3v) is 14.8. The molecule has 7 unspecified atom stereocenters. The summed E-state index contributed by atoms with van der Waals surface area (Å²) in [4.78, 5) is 101. The second-order valence-electron chi connectivity index (χ2n) is 16.5. The Kier molecular flexibility index (Phi) is 18.9. The van der Waals surface area contributed by atoms with E-state index in [0.717, 1.165) is 34.6 Å². The molecule has 4 heterocycles. The number of nitrogen functional groups attached to an aromatic ring is 1. The summed E-state index contributed by atoms with van der Waals surface area (Å²) in [5.41, 5.74) is 6.92. The van der Waals surface area contributed by atoms with Gasteiger partial charge in [0, 0.05) is 48.2 Å². The number of aromatic hydroxyl groups is 1. The number of aliphatic hydroxyl groups excluding tert-OH is 2. The highest BCUT2D eigenvalue weighted by molar-refractivity contribution is 8.13. The molecule has 1 aromatic carbocycles. The number of anilines is 1. The fraction of sp³-hybridized carbons (Fsp3) is 0.553. The molecule has 1 fully saturated rings. The lowest BCUT2D eigenvalue weighted by Gasteiger charge is -2.30. The van der Waals surface area contributed by atoms with Crippen molar-refractivity contribution in [2.45, 2.75) is 90.6 Å². The Morgan fingerprint density at radius 2 is 1.76 bits per heavy atom. The highest BCUT2D eigenvalue weighted by Gasteiger charge is 2.50. The lowest BCUT2D eigenvalue weighted by atomic mass is 9.87. The Morgan fingerprint density at radius 3 is 2.44 bits per heavy atom. The number of aliphatic hydroxyl groups is 2. The zero-order valence-electron chi connectivity index (χ0n) is 38.2. The number of nitrogens with one attached hydrogen (secondary N) is 2. The van der Waals surface area contributed by atoms with Gasteiger partial charge in [-0.15, -0.1) is 0 Å². The molecule has 2 aliphatic rings. The second-order valence-corrected chi connectivity index (χ2v) is 21.8. The van der Waals surface area contributed by atoms with Crippen LogP contribution < -0.4 is 21.1 Å². The van der Waals surface area contributed by atoms with Crippen molar-refractivity contribution in [2.75, 3.05) is 44.9 Å². The zero-order chi connectivity index (χ0) is 51.9. The molecule has 2 amide bonds. The maximum absolute atomic E-state index is 12.8. The van der Waals surface area contributed by atoms with E-state index in [1.807, 2.05) is 13.0 Å².